The third kappa shape index (κ3) is 3.34. The second-order valence-electron chi connectivity index (χ2n) is 7.40. The molecule has 0 amide bonds. The van der Waals surface area contributed by atoms with Crippen molar-refractivity contribution >= 4 is 16.6 Å². The predicted octanol–water partition coefficient (Wildman–Crippen LogP) is 4.99. The van der Waals surface area contributed by atoms with Gasteiger partial charge in [0.15, 0.2) is 17.4 Å². The van der Waals surface area contributed by atoms with Gasteiger partial charge in [-0.25, -0.2) is 14.4 Å². The number of fused-ring (bicyclic) bond motifs is 1. The molecule has 0 spiro atoms. The van der Waals surface area contributed by atoms with Crippen molar-refractivity contribution in [2.24, 2.45) is 5.92 Å². The molecule has 2 aromatic carbocycles. The van der Waals surface area contributed by atoms with Crippen LogP contribution in [0.25, 0.3) is 22.3 Å². The maximum Gasteiger partial charge on any atom is 0.176 e. The second-order valence-corrected chi connectivity index (χ2v) is 7.40. The second kappa shape index (κ2) is 7.14. The van der Waals surface area contributed by atoms with Crippen molar-refractivity contribution in [1.82, 2.24) is 9.97 Å². The molecule has 0 aliphatic carbocycles. The van der Waals surface area contributed by atoms with Gasteiger partial charge in [0.2, 0.25) is 0 Å². The van der Waals surface area contributed by atoms with E-state index >= 15 is 0 Å². The highest BCUT2D eigenvalue weighted by molar-refractivity contribution is 5.93. The zero-order chi connectivity index (χ0) is 19.0. The number of aryl methyl sites for hydroxylation is 1. The highest BCUT2D eigenvalue weighted by Crippen LogP contribution is 2.33. The molecule has 0 saturated carbocycles. The number of ether oxygens (including phenoxy) is 1. The monoisotopic (exact) mass is 365 g/mol. The van der Waals surface area contributed by atoms with Crippen molar-refractivity contribution in [2.45, 2.75) is 26.7 Å². The van der Waals surface area contributed by atoms with E-state index in [2.05, 4.69) is 34.8 Å². The van der Waals surface area contributed by atoms with Crippen molar-refractivity contribution in [3.8, 4) is 17.1 Å². The maximum atomic E-state index is 14.6. The molecule has 1 saturated heterocycles. The summed E-state index contributed by atoms with van der Waals surface area (Å²) in [7, 11) is 1.46. The predicted molar refractivity (Wildman–Crippen MR) is 107 cm³/mol. The van der Waals surface area contributed by atoms with E-state index in [1.807, 2.05) is 12.3 Å². The van der Waals surface area contributed by atoms with Crippen LogP contribution in [-0.4, -0.2) is 30.2 Å². The summed E-state index contributed by atoms with van der Waals surface area (Å²) in [5, 5.41) is 1.02. The van der Waals surface area contributed by atoms with Crippen LogP contribution in [0.5, 0.6) is 5.75 Å². The van der Waals surface area contributed by atoms with Crippen LogP contribution in [0.3, 0.4) is 0 Å². The van der Waals surface area contributed by atoms with Crippen molar-refractivity contribution < 1.29 is 9.13 Å². The SMILES string of the molecule is COc1cccc(-c2ncc3c(N4CCC(C)CC4)cc(C)cc3n2)c1F. The Hall–Kier alpha value is -2.69. The lowest BCUT2D eigenvalue weighted by atomic mass is 9.98. The van der Waals surface area contributed by atoms with Gasteiger partial charge in [0.1, 0.15) is 0 Å². The van der Waals surface area contributed by atoms with Gasteiger partial charge in [-0.15, -0.1) is 0 Å². The van der Waals surface area contributed by atoms with Crippen LogP contribution in [0.2, 0.25) is 0 Å². The van der Waals surface area contributed by atoms with E-state index in [9.17, 15) is 4.39 Å². The van der Waals surface area contributed by atoms with Crippen molar-refractivity contribution in [3.63, 3.8) is 0 Å². The summed E-state index contributed by atoms with van der Waals surface area (Å²) in [6.07, 6.45) is 4.22. The highest BCUT2D eigenvalue weighted by Gasteiger charge is 2.20. The minimum absolute atomic E-state index is 0.198. The molecule has 140 valence electrons. The van der Waals surface area contributed by atoms with Crippen LogP contribution in [0.4, 0.5) is 10.1 Å². The molecule has 0 unspecified atom stereocenters. The Morgan fingerprint density at radius 3 is 2.70 bits per heavy atom. The van der Waals surface area contributed by atoms with E-state index in [-0.39, 0.29) is 5.75 Å². The summed E-state index contributed by atoms with van der Waals surface area (Å²) in [4.78, 5) is 11.6. The molecule has 1 fully saturated rings. The third-order valence-corrected chi connectivity index (χ3v) is 5.37. The van der Waals surface area contributed by atoms with Crippen molar-refractivity contribution in [1.29, 1.82) is 0 Å². The standard InChI is InChI=1S/C22H24FN3O/c1-14-7-9-26(10-8-14)19-12-15(2)11-18-17(19)13-24-22(25-18)16-5-4-6-20(27-3)21(16)23/h4-6,11-14H,7-10H2,1-3H3. The molecule has 4 rings (SSSR count). The van der Waals surface area contributed by atoms with Crippen LogP contribution >= 0.6 is 0 Å². The average Bonchev–Trinajstić information content (AvgIpc) is 2.67. The molecule has 5 heteroatoms. The Labute approximate surface area is 159 Å². The summed E-state index contributed by atoms with van der Waals surface area (Å²) >= 11 is 0. The van der Waals surface area contributed by atoms with Crippen LogP contribution in [0.15, 0.2) is 36.5 Å². The third-order valence-electron chi connectivity index (χ3n) is 5.37. The number of piperidine rings is 1. The first kappa shape index (κ1) is 17.7. The number of halogens is 1. The van der Waals surface area contributed by atoms with Crippen LogP contribution in [-0.2, 0) is 0 Å². The van der Waals surface area contributed by atoms with E-state index in [0.29, 0.717) is 11.4 Å². The smallest absolute Gasteiger partial charge is 0.176 e. The van der Waals surface area contributed by atoms with Gasteiger partial charge in [0.25, 0.3) is 0 Å². The molecule has 1 aliphatic rings. The molecular weight excluding hydrogens is 341 g/mol. The summed E-state index contributed by atoms with van der Waals surface area (Å²) in [6, 6.07) is 9.27. The van der Waals surface area contributed by atoms with E-state index in [1.54, 1.807) is 18.2 Å². The first-order chi connectivity index (χ1) is 13.1. The lowest BCUT2D eigenvalue weighted by Crippen LogP contribution is -2.32. The number of rotatable bonds is 3. The van der Waals surface area contributed by atoms with E-state index in [0.717, 1.165) is 35.5 Å². The average molecular weight is 365 g/mol. The highest BCUT2D eigenvalue weighted by atomic mass is 19.1. The zero-order valence-corrected chi connectivity index (χ0v) is 16.0. The molecule has 3 aromatic rings. The molecule has 0 atom stereocenters. The van der Waals surface area contributed by atoms with Crippen LogP contribution in [0, 0.1) is 18.7 Å². The summed E-state index contributed by atoms with van der Waals surface area (Å²) in [5.74, 6) is 0.916. The topological polar surface area (TPSA) is 38.2 Å². The molecule has 0 bridgehead atoms. The zero-order valence-electron chi connectivity index (χ0n) is 16.0. The van der Waals surface area contributed by atoms with Gasteiger partial charge in [0, 0.05) is 30.4 Å². The van der Waals surface area contributed by atoms with Gasteiger partial charge in [-0.05, 0) is 55.5 Å². The number of aromatic nitrogens is 2. The number of anilines is 1. The largest absolute Gasteiger partial charge is 0.494 e. The van der Waals surface area contributed by atoms with Crippen molar-refractivity contribution in [2.75, 3.05) is 25.1 Å². The fourth-order valence-electron chi connectivity index (χ4n) is 3.74. The molecule has 0 N–H and O–H groups in total. The Balaban J connectivity index is 1.80. The normalized spacial score (nSPS) is 15.3. The van der Waals surface area contributed by atoms with Gasteiger partial charge < -0.3 is 9.64 Å². The maximum absolute atomic E-state index is 14.6. The van der Waals surface area contributed by atoms with Crippen molar-refractivity contribution in [3.05, 3.63) is 47.9 Å². The lowest BCUT2D eigenvalue weighted by molar-refractivity contribution is 0.387. The number of hydrogen-bond acceptors (Lipinski definition) is 4. The summed E-state index contributed by atoms with van der Waals surface area (Å²) in [5.41, 5.74) is 3.52. The Morgan fingerprint density at radius 1 is 1.19 bits per heavy atom. The van der Waals surface area contributed by atoms with E-state index < -0.39 is 5.82 Å². The molecule has 1 aliphatic heterocycles. The van der Waals surface area contributed by atoms with E-state index in [4.69, 9.17) is 4.74 Å². The van der Waals surface area contributed by atoms with Gasteiger partial charge in [-0.3, -0.25) is 0 Å². The van der Waals surface area contributed by atoms with Crippen LogP contribution in [0.1, 0.15) is 25.3 Å². The minimum atomic E-state index is -0.433. The number of methoxy groups -OCH3 is 1. The fourth-order valence-corrected chi connectivity index (χ4v) is 3.74. The van der Waals surface area contributed by atoms with Gasteiger partial charge in [-0.1, -0.05) is 13.0 Å². The van der Waals surface area contributed by atoms with Crippen LogP contribution < -0.4 is 9.64 Å². The molecule has 2 heterocycles. The molecule has 27 heavy (non-hydrogen) atoms. The molecule has 1 aromatic heterocycles. The lowest BCUT2D eigenvalue weighted by Gasteiger charge is -2.33. The fraction of sp³-hybridized carbons (Fsp3) is 0.364. The van der Waals surface area contributed by atoms with E-state index in [1.165, 1.54) is 25.6 Å². The summed E-state index contributed by atoms with van der Waals surface area (Å²) in [6.45, 7) is 6.48. The first-order valence-corrected chi connectivity index (χ1v) is 9.42. The number of nitrogens with zero attached hydrogens (tertiary/aromatic N) is 3. The summed E-state index contributed by atoms with van der Waals surface area (Å²) < 4.78 is 19.7. The molecular formula is C22H24FN3O. The van der Waals surface area contributed by atoms with Gasteiger partial charge in [0.05, 0.1) is 18.2 Å². The minimum Gasteiger partial charge on any atom is -0.494 e. The number of hydrogen-bond donors (Lipinski definition) is 0. The Bertz CT molecular complexity index is 981. The first-order valence-electron chi connectivity index (χ1n) is 9.42. The molecule has 4 nitrogen and oxygen atoms in total. The van der Waals surface area contributed by atoms with Gasteiger partial charge in [-0.2, -0.15) is 0 Å². The van der Waals surface area contributed by atoms with Gasteiger partial charge >= 0.3 is 0 Å². The number of benzene rings is 2. The quantitative estimate of drug-likeness (QED) is 0.655. The Morgan fingerprint density at radius 2 is 1.96 bits per heavy atom. The Kier molecular flexibility index (Phi) is 4.68. The molecule has 0 radical (unpaired) electrons.